The van der Waals surface area contributed by atoms with Crippen LogP contribution < -0.4 is 5.73 Å². The Morgan fingerprint density at radius 3 is 2.63 bits per heavy atom. The largest absolute Gasteiger partial charge is 0.435 e. The molecule has 3 rings (SSSR count). The van der Waals surface area contributed by atoms with Crippen LogP contribution in [0.5, 0.6) is 0 Å². The first-order chi connectivity index (χ1) is 9.17. The number of benzene rings is 2. The zero-order chi connectivity index (χ0) is 13.4. The minimum Gasteiger partial charge on any atom is -0.435 e. The summed E-state index contributed by atoms with van der Waals surface area (Å²) in [7, 11) is 0. The topological polar surface area (TPSA) is 52.0 Å². The minimum absolute atomic E-state index is 0.615. The summed E-state index contributed by atoms with van der Waals surface area (Å²) >= 11 is 3.53. The van der Waals surface area contributed by atoms with Gasteiger partial charge in [-0.1, -0.05) is 6.92 Å². The highest BCUT2D eigenvalue weighted by atomic mass is 79.9. The van der Waals surface area contributed by atoms with Crippen molar-refractivity contribution in [1.29, 1.82) is 0 Å². The minimum atomic E-state index is 0.615. The van der Waals surface area contributed by atoms with Crippen LogP contribution in [0, 0.1) is 0 Å². The van der Waals surface area contributed by atoms with Crippen LogP contribution in [0.1, 0.15) is 12.5 Å². The standard InChI is InChI=1S/C15H13BrN2O/c1-2-9-7-12(16)14-13(8-9)18-15(19-14)10-3-5-11(17)6-4-10/h3-8H,2,17H2,1H3. The molecular weight excluding hydrogens is 304 g/mol. The number of oxazole rings is 1. The highest BCUT2D eigenvalue weighted by molar-refractivity contribution is 9.10. The van der Waals surface area contributed by atoms with Crippen LogP contribution in [0.3, 0.4) is 0 Å². The molecule has 0 bridgehead atoms. The number of nitrogens with zero attached hydrogens (tertiary/aromatic N) is 1. The van der Waals surface area contributed by atoms with Gasteiger partial charge in [-0.05, 0) is 64.3 Å². The molecule has 1 heterocycles. The summed E-state index contributed by atoms with van der Waals surface area (Å²) in [4.78, 5) is 4.54. The first-order valence-corrected chi connectivity index (χ1v) is 6.91. The molecular formula is C15H13BrN2O. The second kappa shape index (κ2) is 4.70. The van der Waals surface area contributed by atoms with Gasteiger partial charge in [0.25, 0.3) is 0 Å². The fraction of sp³-hybridized carbons (Fsp3) is 0.133. The average molecular weight is 317 g/mol. The predicted molar refractivity (Wildman–Crippen MR) is 80.9 cm³/mol. The van der Waals surface area contributed by atoms with Gasteiger partial charge in [-0.2, -0.15) is 0 Å². The van der Waals surface area contributed by atoms with Gasteiger partial charge in [0.2, 0.25) is 5.89 Å². The monoisotopic (exact) mass is 316 g/mol. The predicted octanol–water partition coefficient (Wildman–Crippen LogP) is 4.40. The van der Waals surface area contributed by atoms with Gasteiger partial charge in [0.05, 0.1) is 4.47 Å². The van der Waals surface area contributed by atoms with Crippen molar-refractivity contribution in [3.8, 4) is 11.5 Å². The maximum atomic E-state index is 5.83. The molecule has 0 unspecified atom stereocenters. The quantitative estimate of drug-likeness (QED) is 0.713. The van der Waals surface area contributed by atoms with E-state index in [0.29, 0.717) is 5.89 Å². The van der Waals surface area contributed by atoms with Crippen LogP contribution in [0.4, 0.5) is 5.69 Å². The molecule has 1 aromatic heterocycles. The molecule has 0 radical (unpaired) electrons. The Labute approximate surface area is 119 Å². The van der Waals surface area contributed by atoms with Gasteiger partial charge in [-0.3, -0.25) is 0 Å². The average Bonchev–Trinajstić information content (AvgIpc) is 2.84. The van der Waals surface area contributed by atoms with Crippen molar-refractivity contribution >= 4 is 32.7 Å². The van der Waals surface area contributed by atoms with Gasteiger partial charge >= 0.3 is 0 Å². The van der Waals surface area contributed by atoms with E-state index < -0.39 is 0 Å². The van der Waals surface area contributed by atoms with Crippen molar-refractivity contribution in [1.82, 2.24) is 4.98 Å². The Morgan fingerprint density at radius 2 is 1.95 bits per heavy atom. The highest BCUT2D eigenvalue weighted by Gasteiger charge is 2.11. The SMILES string of the molecule is CCc1cc(Br)c2oc(-c3ccc(N)cc3)nc2c1. The number of halogens is 1. The number of aromatic nitrogens is 1. The molecule has 0 fully saturated rings. The molecule has 0 saturated heterocycles. The lowest BCUT2D eigenvalue weighted by Gasteiger charge is -1.97. The van der Waals surface area contributed by atoms with Gasteiger partial charge in [0.1, 0.15) is 5.52 Å². The molecule has 0 atom stereocenters. The molecule has 96 valence electrons. The van der Waals surface area contributed by atoms with E-state index in [1.54, 1.807) is 0 Å². The van der Waals surface area contributed by atoms with E-state index >= 15 is 0 Å². The number of hydrogen-bond acceptors (Lipinski definition) is 3. The lowest BCUT2D eigenvalue weighted by Crippen LogP contribution is -1.83. The Bertz CT molecular complexity index is 732. The third-order valence-electron chi connectivity index (χ3n) is 3.07. The summed E-state index contributed by atoms with van der Waals surface area (Å²) in [5.41, 5.74) is 10.2. The third kappa shape index (κ3) is 2.24. The van der Waals surface area contributed by atoms with E-state index in [0.717, 1.165) is 33.2 Å². The van der Waals surface area contributed by atoms with E-state index in [2.05, 4.69) is 40.0 Å². The first kappa shape index (κ1) is 12.2. The van der Waals surface area contributed by atoms with Crippen molar-refractivity contribution < 1.29 is 4.42 Å². The maximum absolute atomic E-state index is 5.83. The molecule has 0 saturated carbocycles. The number of fused-ring (bicyclic) bond motifs is 1. The zero-order valence-electron chi connectivity index (χ0n) is 10.5. The van der Waals surface area contributed by atoms with Gasteiger partial charge < -0.3 is 10.2 Å². The Balaban J connectivity index is 2.16. The lowest BCUT2D eigenvalue weighted by molar-refractivity contribution is 0.618. The number of hydrogen-bond donors (Lipinski definition) is 1. The molecule has 3 aromatic rings. The van der Waals surface area contributed by atoms with Crippen molar-refractivity contribution in [3.05, 3.63) is 46.4 Å². The molecule has 0 aliphatic heterocycles. The summed E-state index contributed by atoms with van der Waals surface area (Å²) in [6.45, 7) is 2.12. The van der Waals surface area contributed by atoms with Gasteiger partial charge in [0.15, 0.2) is 5.58 Å². The molecule has 0 aliphatic rings. The van der Waals surface area contributed by atoms with Crippen LogP contribution >= 0.6 is 15.9 Å². The van der Waals surface area contributed by atoms with E-state index in [-0.39, 0.29) is 0 Å². The number of nitrogens with two attached hydrogens (primary N) is 1. The molecule has 19 heavy (non-hydrogen) atoms. The van der Waals surface area contributed by atoms with Crippen molar-refractivity contribution in [2.45, 2.75) is 13.3 Å². The Kier molecular flexibility index (Phi) is 3.03. The van der Waals surface area contributed by atoms with Crippen LogP contribution in [0.2, 0.25) is 0 Å². The fourth-order valence-electron chi connectivity index (χ4n) is 2.00. The third-order valence-corrected chi connectivity index (χ3v) is 3.66. The van der Waals surface area contributed by atoms with Crippen LogP contribution in [-0.2, 0) is 6.42 Å². The van der Waals surface area contributed by atoms with E-state index in [1.807, 2.05) is 24.3 Å². The number of aryl methyl sites for hydroxylation is 1. The molecule has 0 amide bonds. The summed E-state index contributed by atoms with van der Waals surface area (Å²) in [6, 6.07) is 11.6. The molecule has 2 N–H and O–H groups in total. The van der Waals surface area contributed by atoms with Crippen LogP contribution in [-0.4, -0.2) is 4.98 Å². The molecule has 4 heteroatoms. The van der Waals surface area contributed by atoms with E-state index in [4.69, 9.17) is 10.2 Å². The molecule has 0 spiro atoms. The Hall–Kier alpha value is -1.81. The van der Waals surface area contributed by atoms with E-state index in [1.165, 1.54) is 5.56 Å². The highest BCUT2D eigenvalue weighted by Crippen LogP contribution is 2.31. The first-order valence-electron chi connectivity index (χ1n) is 6.12. The maximum Gasteiger partial charge on any atom is 0.227 e. The zero-order valence-corrected chi connectivity index (χ0v) is 12.1. The molecule has 0 aliphatic carbocycles. The van der Waals surface area contributed by atoms with Crippen molar-refractivity contribution in [2.24, 2.45) is 0 Å². The number of nitrogen functional groups attached to an aromatic ring is 1. The number of anilines is 1. The Morgan fingerprint density at radius 1 is 1.21 bits per heavy atom. The lowest BCUT2D eigenvalue weighted by atomic mass is 10.1. The summed E-state index contributed by atoms with van der Waals surface area (Å²) in [5, 5.41) is 0. The smallest absolute Gasteiger partial charge is 0.227 e. The summed E-state index contributed by atoms with van der Waals surface area (Å²) < 4.78 is 6.77. The summed E-state index contributed by atoms with van der Waals surface area (Å²) in [5.74, 6) is 0.615. The second-order valence-electron chi connectivity index (χ2n) is 4.42. The fourth-order valence-corrected chi connectivity index (χ4v) is 2.58. The number of rotatable bonds is 2. The van der Waals surface area contributed by atoms with Crippen LogP contribution in [0.25, 0.3) is 22.6 Å². The van der Waals surface area contributed by atoms with Crippen molar-refractivity contribution in [2.75, 3.05) is 5.73 Å². The second-order valence-corrected chi connectivity index (χ2v) is 5.27. The van der Waals surface area contributed by atoms with Crippen LogP contribution in [0.15, 0.2) is 45.3 Å². The van der Waals surface area contributed by atoms with Gasteiger partial charge in [0, 0.05) is 11.3 Å². The van der Waals surface area contributed by atoms with Gasteiger partial charge in [-0.25, -0.2) is 4.98 Å². The molecule has 2 aromatic carbocycles. The van der Waals surface area contributed by atoms with Crippen molar-refractivity contribution in [3.63, 3.8) is 0 Å². The molecule has 3 nitrogen and oxygen atoms in total. The summed E-state index contributed by atoms with van der Waals surface area (Å²) in [6.07, 6.45) is 0.971. The normalized spacial score (nSPS) is 11.1. The van der Waals surface area contributed by atoms with Gasteiger partial charge in [-0.15, -0.1) is 0 Å². The van der Waals surface area contributed by atoms with E-state index in [9.17, 15) is 0 Å².